The third-order valence-corrected chi connectivity index (χ3v) is 6.39. The summed E-state index contributed by atoms with van der Waals surface area (Å²) in [5.74, 6) is 0.234. The number of carbonyl (C=O) groups excluding carboxylic acids is 1. The van der Waals surface area contributed by atoms with E-state index in [1.807, 2.05) is 49.1 Å². The van der Waals surface area contributed by atoms with Crippen molar-refractivity contribution < 1.29 is 9.53 Å². The van der Waals surface area contributed by atoms with E-state index in [2.05, 4.69) is 0 Å². The third kappa shape index (κ3) is 5.11. The fourth-order valence-electron chi connectivity index (χ4n) is 3.77. The Morgan fingerprint density at radius 2 is 1.81 bits per heavy atom. The zero-order valence-electron chi connectivity index (χ0n) is 17.5. The Morgan fingerprint density at radius 3 is 2.52 bits per heavy atom. The number of rotatable bonds is 5. The van der Waals surface area contributed by atoms with E-state index >= 15 is 0 Å². The van der Waals surface area contributed by atoms with Gasteiger partial charge < -0.3 is 9.64 Å². The lowest BCUT2D eigenvalue weighted by atomic mass is 10.2. The summed E-state index contributed by atoms with van der Waals surface area (Å²) >= 11 is 7.29. The molecule has 0 unspecified atom stereocenters. The molecule has 31 heavy (non-hydrogen) atoms. The summed E-state index contributed by atoms with van der Waals surface area (Å²) in [6.07, 6.45) is 0.0270. The number of halogens is 1. The molecular formula is C23H24ClN3O3S. The fraction of sp³-hybridized carbons (Fsp3) is 0.348. The number of hydrogen-bond donors (Lipinski definition) is 0. The quantitative estimate of drug-likeness (QED) is 0.430. The minimum Gasteiger partial charge on any atom is -0.372 e. The highest BCUT2D eigenvalue weighted by atomic mass is 35.5. The first kappa shape index (κ1) is 21.9. The summed E-state index contributed by atoms with van der Waals surface area (Å²) in [6.45, 7) is 5.45. The topological polar surface area (TPSA) is 64.4 Å². The van der Waals surface area contributed by atoms with Crippen LogP contribution in [0.3, 0.4) is 0 Å². The van der Waals surface area contributed by atoms with Gasteiger partial charge in [-0.2, -0.15) is 0 Å². The van der Waals surface area contributed by atoms with E-state index in [9.17, 15) is 9.59 Å². The van der Waals surface area contributed by atoms with Gasteiger partial charge in [-0.05, 0) is 43.7 Å². The number of benzene rings is 2. The molecule has 1 saturated heterocycles. The van der Waals surface area contributed by atoms with Crippen molar-refractivity contribution >= 4 is 40.2 Å². The Kier molecular flexibility index (Phi) is 6.65. The van der Waals surface area contributed by atoms with Crippen molar-refractivity contribution in [2.45, 2.75) is 37.8 Å². The number of carbonyl (C=O) groups is 1. The van der Waals surface area contributed by atoms with Gasteiger partial charge in [-0.15, -0.1) is 0 Å². The molecule has 2 heterocycles. The molecule has 1 fully saturated rings. The summed E-state index contributed by atoms with van der Waals surface area (Å²) in [5.41, 5.74) is 1.44. The van der Waals surface area contributed by atoms with Crippen LogP contribution in [0.4, 0.5) is 0 Å². The van der Waals surface area contributed by atoms with Crippen LogP contribution in [-0.2, 0) is 16.1 Å². The first-order valence-corrected chi connectivity index (χ1v) is 11.6. The standard InChI is InChI=1S/C23H24ClN3O3S/c1-15-11-26(12-16(2)30-15)21(28)14-31-23-25-20-6-4-3-5-19(20)22(29)27(23)13-17-7-9-18(24)10-8-17/h3-10,15-16H,11-14H2,1-2H3/t15-,16+. The highest BCUT2D eigenvalue weighted by Crippen LogP contribution is 2.21. The smallest absolute Gasteiger partial charge is 0.262 e. The molecular weight excluding hydrogens is 434 g/mol. The van der Waals surface area contributed by atoms with Gasteiger partial charge >= 0.3 is 0 Å². The molecule has 0 aliphatic carbocycles. The van der Waals surface area contributed by atoms with Gasteiger partial charge in [0.25, 0.3) is 5.56 Å². The Hall–Kier alpha value is -2.35. The van der Waals surface area contributed by atoms with Crippen LogP contribution in [0.25, 0.3) is 10.9 Å². The second-order valence-corrected chi connectivity index (χ2v) is 9.15. The van der Waals surface area contributed by atoms with E-state index in [1.54, 1.807) is 22.8 Å². The number of aromatic nitrogens is 2. The predicted molar refractivity (Wildman–Crippen MR) is 124 cm³/mol. The van der Waals surface area contributed by atoms with Crippen molar-refractivity contribution in [2.24, 2.45) is 0 Å². The van der Waals surface area contributed by atoms with Gasteiger partial charge in [0, 0.05) is 18.1 Å². The number of para-hydroxylation sites is 1. The largest absolute Gasteiger partial charge is 0.372 e. The van der Waals surface area contributed by atoms with Crippen molar-refractivity contribution in [1.29, 1.82) is 0 Å². The summed E-state index contributed by atoms with van der Waals surface area (Å²) in [7, 11) is 0. The van der Waals surface area contributed by atoms with Crippen molar-refractivity contribution in [3.8, 4) is 0 Å². The summed E-state index contributed by atoms with van der Waals surface area (Å²) < 4.78 is 7.35. The maximum Gasteiger partial charge on any atom is 0.262 e. The van der Waals surface area contributed by atoms with Crippen LogP contribution in [0.5, 0.6) is 0 Å². The van der Waals surface area contributed by atoms with Gasteiger partial charge in [0.15, 0.2) is 5.16 Å². The lowest BCUT2D eigenvalue weighted by molar-refractivity contribution is -0.140. The van der Waals surface area contributed by atoms with E-state index in [4.69, 9.17) is 21.3 Å². The lowest BCUT2D eigenvalue weighted by Crippen LogP contribution is -2.48. The lowest BCUT2D eigenvalue weighted by Gasteiger charge is -2.35. The van der Waals surface area contributed by atoms with Gasteiger partial charge in [0.1, 0.15) is 0 Å². The predicted octanol–water partition coefficient (Wildman–Crippen LogP) is 3.83. The van der Waals surface area contributed by atoms with Gasteiger partial charge in [0.2, 0.25) is 5.91 Å². The van der Waals surface area contributed by atoms with E-state index in [-0.39, 0.29) is 29.4 Å². The molecule has 1 amide bonds. The first-order valence-electron chi connectivity index (χ1n) is 10.2. The Bertz CT molecular complexity index is 1140. The van der Waals surface area contributed by atoms with E-state index in [1.165, 1.54) is 11.8 Å². The molecule has 2 aromatic carbocycles. The molecule has 0 bridgehead atoms. The van der Waals surface area contributed by atoms with Crippen LogP contribution in [0.2, 0.25) is 5.02 Å². The highest BCUT2D eigenvalue weighted by molar-refractivity contribution is 7.99. The number of hydrogen-bond acceptors (Lipinski definition) is 5. The van der Waals surface area contributed by atoms with Crippen LogP contribution in [0.1, 0.15) is 19.4 Å². The molecule has 0 radical (unpaired) electrons. The summed E-state index contributed by atoms with van der Waals surface area (Å²) in [6, 6.07) is 14.7. The van der Waals surface area contributed by atoms with E-state index < -0.39 is 0 Å². The molecule has 162 valence electrons. The SMILES string of the molecule is C[C@@H]1CN(C(=O)CSc2nc3ccccc3c(=O)n2Cc2ccc(Cl)cc2)C[C@H](C)O1. The normalized spacial score (nSPS) is 19.0. The van der Waals surface area contributed by atoms with E-state index in [0.717, 1.165) is 5.56 Å². The molecule has 1 aliphatic rings. The number of morpholine rings is 1. The first-order chi connectivity index (χ1) is 14.9. The Labute approximate surface area is 190 Å². The van der Waals surface area contributed by atoms with Gasteiger partial charge in [-0.1, -0.05) is 47.6 Å². The number of fused-ring (bicyclic) bond motifs is 1. The molecule has 0 N–H and O–H groups in total. The number of amides is 1. The van der Waals surface area contributed by atoms with Crippen molar-refractivity contribution in [1.82, 2.24) is 14.5 Å². The van der Waals surface area contributed by atoms with Crippen LogP contribution in [-0.4, -0.2) is 51.4 Å². The minimum atomic E-state index is -0.121. The molecule has 8 heteroatoms. The molecule has 0 saturated carbocycles. The van der Waals surface area contributed by atoms with E-state index in [0.29, 0.717) is 40.7 Å². The Balaban J connectivity index is 1.61. The molecule has 1 aliphatic heterocycles. The molecule has 2 atom stereocenters. The van der Waals surface area contributed by atoms with Crippen LogP contribution in [0, 0.1) is 0 Å². The second-order valence-electron chi connectivity index (χ2n) is 7.77. The van der Waals surface area contributed by atoms with Crippen LogP contribution >= 0.6 is 23.4 Å². The average Bonchev–Trinajstić information content (AvgIpc) is 2.75. The minimum absolute atomic E-state index is 0.0135. The molecule has 6 nitrogen and oxygen atoms in total. The van der Waals surface area contributed by atoms with Crippen molar-refractivity contribution in [2.75, 3.05) is 18.8 Å². The third-order valence-electron chi connectivity index (χ3n) is 5.18. The average molecular weight is 458 g/mol. The highest BCUT2D eigenvalue weighted by Gasteiger charge is 2.26. The fourth-order valence-corrected chi connectivity index (χ4v) is 4.80. The molecule has 4 rings (SSSR count). The maximum absolute atomic E-state index is 13.2. The Morgan fingerprint density at radius 1 is 1.13 bits per heavy atom. The summed E-state index contributed by atoms with van der Waals surface area (Å²) in [4.78, 5) is 32.6. The second kappa shape index (κ2) is 9.42. The number of thioether (sulfide) groups is 1. The van der Waals surface area contributed by atoms with Crippen LogP contribution in [0.15, 0.2) is 58.5 Å². The maximum atomic E-state index is 13.2. The number of ether oxygens (including phenoxy) is 1. The van der Waals surface area contributed by atoms with Gasteiger partial charge in [0.05, 0.1) is 35.4 Å². The molecule has 0 spiro atoms. The monoisotopic (exact) mass is 457 g/mol. The van der Waals surface area contributed by atoms with Crippen molar-refractivity contribution in [3.63, 3.8) is 0 Å². The van der Waals surface area contributed by atoms with Gasteiger partial charge in [-0.25, -0.2) is 4.98 Å². The zero-order valence-corrected chi connectivity index (χ0v) is 19.0. The van der Waals surface area contributed by atoms with Crippen LogP contribution < -0.4 is 5.56 Å². The molecule has 3 aromatic rings. The molecule has 1 aromatic heterocycles. The zero-order chi connectivity index (χ0) is 22.0. The van der Waals surface area contributed by atoms with Gasteiger partial charge in [-0.3, -0.25) is 14.2 Å². The number of nitrogens with zero attached hydrogens (tertiary/aromatic N) is 3. The van der Waals surface area contributed by atoms with Crippen molar-refractivity contribution in [3.05, 3.63) is 69.5 Å². The summed E-state index contributed by atoms with van der Waals surface area (Å²) in [5, 5.41) is 1.73.